The number of para-hydroxylation sites is 1. The molecule has 126 valence electrons. The van der Waals surface area contributed by atoms with Crippen molar-refractivity contribution >= 4 is 26.9 Å². The third kappa shape index (κ3) is 4.07. The zero-order chi connectivity index (χ0) is 17.0. The van der Waals surface area contributed by atoms with Gasteiger partial charge in [0, 0.05) is 11.4 Å². The number of likely N-dealkylation sites (N-methyl/N-ethyl adjacent to an activating group) is 1. The molecule has 2 rings (SSSR count). The van der Waals surface area contributed by atoms with Crippen LogP contribution in [0.15, 0.2) is 46.7 Å². The number of sulfone groups is 1. The highest BCUT2D eigenvalue weighted by molar-refractivity contribution is 7.91. The Kier molecular flexibility index (Phi) is 5.72. The van der Waals surface area contributed by atoms with Crippen LogP contribution in [0.25, 0.3) is 0 Å². The number of rotatable bonds is 7. The summed E-state index contributed by atoms with van der Waals surface area (Å²) in [4.78, 5) is 2.72. The summed E-state index contributed by atoms with van der Waals surface area (Å²) in [5, 5.41) is 4.96. The summed E-state index contributed by atoms with van der Waals surface area (Å²) >= 11 is 1.59. The van der Waals surface area contributed by atoms with Gasteiger partial charge < -0.3 is 10.2 Å². The predicted octanol–water partition coefficient (Wildman–Crippen LogP) is 3.46. The lowest BCUT2D eigenvalue weighted by molar-refractivity contribution is 0.235. The second kappa shape index (κ2) is 7.37. The van der Waals surface area contributed by atoms with E-state index in [-0.39, 0.29) is 16.6 Å². The Balaban J connectivity index is 2.24. The van der Waals surface area contributed by atoms with Crippen molar-refractivity contribution in [2.45, 2.75) is 16.7 Å². The van der Waals surface area contributed by atoms with Crippen molar-refractivity contribution < 1.29 is 17.2 Å². The predicted molar refractivity (Wildman–Crippen MR) is 88.9 cm³/mol. The topological polar surface area (TPSA) is 49.4 Å². The molecule has 0 aliphatic rings. The highest BCUT2D eigenvalue weighted by Crippen LogP contribution is 2.28. The molecule has 4 nitrogen and oxygen atoms in total. The maximum atomic E-state index is 12.8. The van der Waals surface area contributed by atoms with Crippen LogP contribution in [-0.4, -0.2) is 39.7 Å². The summed E-state index contributed by atoms with van der Waals surface area (Å²) in [5.74, 6) is -3.44. The summed E-state index contributed by atoms with van der Waals surface area (Å²) in [6.45, 7) is 0.406. The molecule has 1 heterocycles. The maximum Gasteiger partial charge on any atom is 0.341 e. The Bertz CT molecular complexity index is 732. The molecule has 1 aromatic heterocycles. The summed E-state index contributed by atoms with van der Waals surface area (Å²) in [6.07, 6.45) is 0. The van der Waals surface area contributed by atoms with Gasteiger partial charge in [-0.2, -0.15) is 8.78 Å². The van der Waals surface area contributed by atoms with Crippen molar-refractivity contribution in [3.05, 3.63) is 46.7 Å². The maximum absolute atomic E-state index is 12.8. The zero-order valence-electron chi connectivity index (χ0n) is 12.7. The van der Waals surface area contributed by atoms with Crippen molar-refractivity contribution in [1.29, 1.82) is 0 Å². The Morgan fingerprint density at radius 2 is 1.87 bits per heavy atom. The largest absolute Gasteiger partial charge is 0.382 e. The quantitative estimate of drug-likeness (QED) is 0.822. The monoisotopic (exact) mass is 360 g/mol. The molecular formula is C15H18F2N2O2S2. The van der Waals surface area contributed by atoms with E-state index in [1.165, 1.54) is 18.2 Å². The molecule has 1 atom stereocenters. The minimum absolute atomic E-state index is 0.0114. The van der Waals surface area contributed by atoms with Crippen LogP contribution in [0.3, 0.4) is 0 Å². The van der Waals surface area contributed by atoms with Crippen molar-refractivity contribution in [3.8, 4) is 0 Å². The van der Waals surface area contributed by atoms with Crippen LogP contribution in [0, 0.1) is 0 Å². The molecule has 0 aliphatic carbocycles. The average Bonchev–Trinajstić information content (AvgIpc) is 3.01. The first kappa shape index (κ1) is 17.8. The van der Waals surface area contributed by atoms with Gasteiger partial charge in [0.25, 0.3) is 0 Å². The Morgan fingerprint density at radius 3 is 2.43 bits per heavy atom. The van der Waals surface area contributed by atoms with E-state index >= 15 is 0 Å². The molecule has 0 saturated carbocycles. The van der Waals surface area contributed by atoms with E-state index in [1.807, 2.05) is 36.5 Å². The third-order valence-corrected chi connectivity index (χ3v) is 5.82. The first-order valence-electron chi connectivity index (χ1n) is 6.89. The minimum atomic E-state index is -4.64. The molecule has 0 spiro atoms. The SMILES string of the molecule is CN(C)C(CNc1ccccc1S(=O)(=O)C(F)F)c1cccs1. The molecule has 1 aromatic carbocycles. The number of nitrogens with one attached hydrogen (secondary N) is 1. The lowest BCUT2D eigenvalue weighted by Crippen LogP contribution is -2.26. The van der Waals surface area contributed by atoms with Crippen LogP contribution in [-0.2, 0) is 9.84 Å². The Morgan fingerprint density at radius 1 is 1.17 bits per heavy atom. The fourth-order valence-corrected chi connectivity index (χ4v) is 4.01. The van der Waals surface area contributed by atoms with Gasteiger partial charge in [0.1, 0.15) is 0 Å². The molecule has 8 heteroatoms. The summed E-state index contributed by atoms with van der Waals surface area (Å²) in [7, 11) is -0.815. The first-order chi connectivity index (χ1) is 10.8. The van der Waals surface area contributed by atoms with E-state index in [0.717, 1.165) is 4.88 Å². The van der Waals surface area contributed by atoms with Gasteiger partial charge in [-0.25, -0.2) is 8.42 Å². The molecule has 0 bridgehead atoms. The van der Waals surface area contributed by atoms with Crippen molar-refractivity contribution in [2.24, 2.45) is 0 Å². The molecule has 2 aromatic rings. The summed E-state index contributed by atoms with van der Waals surface area (Å²) < 4.78 is 49.1. The minimum Gasteiger partial charge on any atom is -0.382 e. The Labute approximate surface area is 138 Å². The molecule has 0 fully saturated rings. The molecule has 1 unspecified atom stereocenters. The number of halogens is 2. The fraction of sp³-hybridized carbons (Fsp3) is 0.333. The average molecular weight is 360 g/mol. The van der Waals surface area contributed by atoms with Gasteiger partial charge in [-0.05, 0) is 37.7 Å². The van der Waals surface area contributed by atoms with Crippen LogP contribution in [0.1, 0.15) is 10.9 Å². The molecule has 0 saturated heterocycles. The number of nitrogens with zero attached hydrogens (tertiary/aromatic N) is 1. The van der Waals surface area contributed by atoms with Gasteiger partial charge in [-0.15, -0.1) is 11.3 Å². The van der Waals surface area contributed by atoms with E-state index in [1.54, 1.807) is 17.4 Å². The lowest BCUT2D eigenvalue weighted by atomic mass is 10.2. The van der Waals surface area contributed by atoms with Crippen molar-refractivity contribution in [3.63, 3.8) is 0 Å². The smallest absolute Gasteiger partial charge is 0.341 e. The van der Waals surface area contributed by atoms with E-state index in [0.29, 0.717) is 6.54 Å². The first-order valence-corrected chi connectivity index (χ1v) is 9.31. The van der Waals surface area contributed by atoms with Gasteiger partial charge in [-0.3, -0.25) is 0 Å². The molecule has 1 N–H and O–H groups in total. The molecule has 0 radical (unpaired) electrons. The number of thiophene rings is 1. The number of hydrogen-bond donors (Lipinski definition) is 1. The Hall–Kier alpha value is -1.51. The second-order valence-electron chi connectivity index (χ2n) is 5.18. The van der Waals surface area contributed by atoms with Crippen LogP contribution in [0.5, 0.6) is 0 Å². The second-order valence-corrected chi connectivity index (χ2v) is 8.04. The zero-order valence-corrected chi connectivity index (χ0v) is 14.4. The molecule has 0 amide bonds. The number of hydrogen-bond acceptors (Lipinski definition) is 5. The molecule has 0 aliphatic heterocycles. The molecular weight excluding hydrogens is 342 g/mol. The normalized spacial score (nSPS) is 13.5. The third-order valence-electron chi connectivity index (χ3n) is 3.41. The highest BCUT2D eigenvalue weighted by atomic mass is 32.2. The standard InChI is InChI=1S/C15H18F2N2O2S2/c1-19(2)12(13-7-5-9-22-13)10-18-11-6-3-4-8-14(11)23(20,21)15(16)17/h3-9,12,15,18H,10H2,1-2H3. The number of benzene rings is 1. The van der Waals surface area contributed by atoms with Crippen LogP contribution in [0.2, 0.25) is 0 Å². The number of alkyl halides is 2. The van der Waals surface area contributed by atoms with Gasteiger partial charge in [0.15, 0.2) is 0 Å². The van der Waals surface area contributed by atoms with E-state index in [4.69, 9.17) is 0 Å². The van der Waals surface area contributed by atoms with E-state index in [2.05, 4.69) is 5.32 Å². The fourth-order valence-electron chi connectivity index (χ4n) is 2.18. The summed E-state index contributed by atoms with van der Waals surface area (Å²) in [5.41, 5.74) is 0.191. The molecule has 23 heavy (non-hydrogen) atoms. The summed E-state index contributed by atoms with van der Waals surface area (Å²) in [6, 6.07) is 9.67. The van der Waals surface area contributed by atoms with Gasteiger partial charge >= 0.3 is 5.76 Å². The highest BCUT2D eigenvalue weighted by Gasteiger charge is 2.29. The van der Waals surface area contributed by atoms with Crippen LogP contribution < -0.4 is 5.32 Å². The lowest BCUT2D eigenvalue weighted by Gasteiger charge is -2.24. The van der Waals surface area contributed by atoms with Crippen molar-refractivity contribution in [2.75, 3.05) is 26.0 Å². The van der Waals surface area contributed by atoms with Gasteiger partial charge in [0.2, 0.25) is 9.84 Å². The van der Waals surface area contributed by atoms with Crippen LogP contribution in [0.4, 0.5) is 14.5 Å². The number of anilines is 1. The van der Waals surface area contributed by atoms with Crippen molar-refractivity contribution in [1.82, 2.24) is 4.90 Å². The van der Waals surface area contributed by atoms with Crippen LogP contribution >= 0.6 is 11.3 Å². The van der Waals surface area contributed by atoms with Gasteiger partial charge in [-0.1, -0.05) is 18.2 Å². The van der Waals surface area contributed by atoms with E-state index in [9.17, 15) is 17.2 Å². The van der Waals surface area contributed by atoms with E-state index < -0.39 is 15.6 Å². The van der Waals surface area contributed by atoms with Gasteiger partial charge in [0.05, 0.1) is 16.6 Å².